The molecule has 1 heterocycles. The van der Waals surface area contributed by atoms with E-state index < -0.39 is 5.60 Å². The number of carbonyl (C=O) groups excluding carboxylic acids is 2. The fourth-order valence-electron chi connectivity index (χ4n) is 4.00. The number of rotatable bonds is 7. The predicted octanol–water partition coefficient (Wildman–Crippen LogP) is 5.31. The summed E-state index contributed by atoms with van der Waals surface area (Å²) in [6, 6.07) is 15.8. The number of ether oxygens (including phenoxy) is 2. The van der Waals surface area contributed by atoms with E-state index in [1.807, 2.05) is 74.2 Å². The zero-order valence-electron chi connectivity index (χ0n) is 20.8. The second kappa shape index (κ2) is 11.2. The van der Waals surface area contributed by atoms with Gasteiger partial charge >= 0.3 is 6.09 Å². The Morgan fingerprint density at radius 1 is 1.12 bits per heavy atom. The molecule has 0 atom stereocenters. The maximum Gasteiger partial charge on any atom is 0.410 e. The van der Waals surface area contributed by atoms with Gasteiger partial charge < -0.3 is 19.3 Å². The smallest absolute Gasteiger partial charge is 0.410 e. The molecule has 0 N–H and O–H groups in total. The van der Waals surface area contributed by atoms with Gasteiger partial charge in [0.1, 0.15) is 18.0 Å². The lowest BCUT2D eigenvalue weighted by atomic mass is 10.0. The second-order valence-electron chi connectivity index (χ2n) is 9.73. The van der Waals surface area contributed by atoms with Crippen molar-refractivity contribution in [3.63, 3.8) is 0 Å². The van der Waals surface area contributed by atoms with Crippen LogP contribution in [0.15, 0.2) is 55.1 Å². The number of nitrogens with zero attached hydrogens (tertiary/aromatic N) is 2. The van der Waals surface area contributed by atoms with Crippen LogP contribution in [0, 0.1) is 0 Å². The van der Waals surface area contributed by atoms with Crippen LogP contribution < -0.4 is 4.74 Å². The molecular weight excluding hydrogens is 428 g/mol. The minimum absolute atomic E-state index is 0.0594. The van der Waals surface area contributed by atoms with Gasteiger partial charge in [-0.25, -0.2) is 4.79 Å². The molecule has 6 heteroatoms. The largest absolute Gasteiger partial charge is 0.489 e. The first kappa shape index (κ1) is 25.3. The van der Waals surface area contributed by atoms with Crippen LogP contribution in [-0.2, 0) is 22.6 Å². The molecule has 2 amide bonds. The molecule has 0 radical (unpaired) electrons. The first-order chi connectivity index (χ1) is 16.2. The van der Waals surface area contributed by atoms with Crippen molar-refractivity contribution in [3.05, 3.63) is 71.8 Å². The fourth-order valence-corrected chi connectivity index (χ4v) is 4.00. The van der Waals surface area contributed by atoms with Crippen LogP contribution in [0.3, 0.4) is 0 Å². The lowest BCUT2D eigenvalue weighted by Crippen LogP contribution is -2.48. The number of carbonyl (C=O) groups is 2. The summed E-state index contributed by atoms with van der Waals surface area (Å²) in [7, 11) is 1.77. The van der Waals surface area contributed by atoms with Gasteiger partial charge in [0.2, 0.25) is 5.91 Å². The van der Waals surface area contributed by atoms with E-state index in [4.69, 9.17) is 9.47 Å². The number of amides is 2. The van der Waals surface area contributed by atoms with Gasteiger partial charge in [-0.3, -0.25) is 4.79 Å². The summed E-state index contributed by atoms with van der Waals surface area (Å²) in [6.07, 6.45) is 3.17. The van der Waals surface area contributed by atoms with E-state index in [0.29, 0.717) is 25.4 Å². The van der Waals surface area contributed by atoms with Gasteiger partial charge in [-0.05, 0) is 56.9 Å². The Morgan fingerprint density at radius 3 is 2.41 bits per heavy atom. The molecule has 1 saturated heterocycles. The van der Waals surface area contributed by atoms with E-state index in [9.17, 15) is 9.59 Å². The first-order valence-electron chi connectivity index (χ1n) is 11.8. The average molecular weight is 465 g/mol. The molecule has 182 valence electrons. The minimum atomic E-state index is -0.526. The fraction of sp³-hybridized carbons (Fsp3) is 0.429. The number of hydrogen-bond acceptors (Lipinski definition) is 4. The van der Waals surface area contributed by atoms with Crippen LogP contribution in [0.2, 0.25) is 0 Å². The Balaban J connectivity index is 1.60. The topological polar surface area (TPSA) is 59.1 Å². The molecule has 0 bridgehead atoms. The predicted molar refractivity (Wildman–Crippen MR) is 135 cm³/mol. The van der Waals surface area contributed by atoms with Gasteiger partial charge in [0.25, 0.3) is 0 Å². The van der Waals surface area contributed by atoms with Crippen molar-refractivity contribution in [2.75, 3.05) is 20.1 Å². The first-order valence-corrected chi connectivity index (χ1v) is 11.8. The third-order valence-electron chi connectivity index (χ3n) is 5.95. The van der Waals surface area contributed by atoms with Crippen LogP contribution >= 0.6 is 0 Å². The third kappa shape index (κ3) is 7.11. The normalized spacial score (nSPS) is 14.4. The Kier molecular flexibility index (Phi) is 8.37. The van der Waals surface area contributed by atoms with Gasteiger partial charge in [0.05, 0.1) is 6.42 Å². The number of piperidine rings is 1. The summed E-state index contributed by atoms with van der Waals surface area (Å²) in [5, 5.41) is 0. The molecular formula is C28H36N2O4. The summed E-state index contributed by atoms with van der Waals surface area (Å²) in [4.78, 5) is 29.0. The maximum absolute atomic E-state index is 13.1. The zero-order valence-corrected chi connectivity index (χ0v) is 20.8. The van der Waals surface area contributed by atoms with Crippen molar-refractivity contribution >= 4 is 18.1 Å². The Bertz CT molecular complexity index is 989. The van der Waals surface area contributed by atoms with Crippen molar-refractivity contribution in [2.45, 2.75) is 58.3 Å². The van der Waals surface area contributed by atoms with Crippen LogP contribution in [-0.4, -0.2) is 53.6 Å². The van der Waals surface area contributed by atoms with Gasteiger partial charge in [0, 0.05) is 31.7 Å². The molecule has 0 saturated carbocycles. The standard InChI is InChI=1S/C28H36N2O4/c1-6-21-12-13-25(33-20-22-10-8-7-9-11-22)23(18-21)19-26(31)30-16-14-24(15-17-30)29(5)27(32)34-28(2,3)4/h6-13,18,24H,1,14-17,19-20H2,2-5H3. The molecule has 34 heavy (non-hydrogen) atoms. The third-order valence-corrected chi connectivity index (χ3v) is 5.95. The highest BCUT2D eigenvalue weighted by Gasteiger charge is 2.30. The Labute approximate surface area is 203 Å². The minimum Gasteiger partial charge on any atom is -0.489 e. The van der Waals surface area contributed by atoms with Crippen LogP contribution in [0.1, 0.15) is 50.3 Å². The summed E-state index contributed by atoms with van der Waals surface area (Å²) >= 11 is 0. The average Bonchev–Trinajstić information content (AvgIpc) is 2.82. The summed E-state index contributed by atoms with van der Waals surface area (Å²) in [6.45, 7) is 11.1. The van der Waals surface area contributed by atoms with E-state index in [-0.39, 0.29) is 24.5 Å². The van der Waals surface area contributed by atoms with Crippen LogP contribution in [0.25, 0.3) is 6.08 Å². The molecule has 2 aromatic carbocycles. The molecule has 1 aliphatic heterocycles. The lowest BCUT2D eigenvalue weighted by Gasteiger charge is -2.37. The zero-order chi connectivity index (χ0) is 24.7. The molecule has 2 aromatic rings. The molecule has 0 spiro atoms. The van der Waals surface area contributed by atoms with Gasteiger partial charge in [0.15, 0.2) is 0 Å². The van der Waals surface area contributed by atoms with E-state index in [1.165, 1.54) is 0 Å². The van der Waals surface area contributed by atoms with Crippen molar-refractivity contribution in [2.24, 2.45) is 0 Å². The van der Waals surface area contributed by atoms with Gasteiger partial charge in [-0.15, -0.1) is 0 Å². The Morgan fingerprint density at radius 2 is 1.79 bits per heavy atom. The Hall–Kier alpha value is -3.28. The summed E-state index contributed by atoms with van der Waals surface area (Å²) < 4.78 is 11.5. The molecule has 0 aliphatic carbocycles. The molecule has 0 unspecified atom stereocenters. The SMILES string of the molecule is C=Cc1ccc(OCc2ccccc2)c(CC(=O)N2CCC(N(C)C(=O)OC(C)(C)C)CC2)c1. The van der Waals surface area contributed by atoms with E-state index in [2.05, 4.69) is 6.58 Å². The highest BCUT2D eigenvalue weighted by atomic mass is 16.6. The van der Waals surface area contributed by atoms with Crippen molar-refractivity contribution < 1.29 is 19.1 Å². The van der Waals surface area contributed by atoms with Crippen molar-refractivity contribution in [3.8, 4) is 5.75 Å². The van der Waals surface area contributed by atoms with Crippen molar-refractivity contribution in [1.29, 1.82) is 0 Å². The monoisotopic (exact) mass is 464 g/mol. The molecule has 3 rings (SSSR count). The lowest BCUT2D eigenvalue weighted by molar-refractivity contribution is -0.131. The van der Waals surface area contributed by atoms with Crippen molar-refractivity contribution in [1.82, 2.24) is 9.80 Å². The van der Waals surface area contributed by atoms with E-state index in [0.717, 1.165) is 29.5 Å². The van der Waals surface area contributed by atoms with Crippen LogP contribution in [0.5, 0.6) is 5.75 Å². The van der Waals surface area contributed by atoms with Crippen LogP contribution in [0.4, 0.5) is 4.79 Å². The number of likely N-dealkylation sites (tertiary alicyclic amines) is 1. The van der Waals surface area contributed by atoms with Gasteiger partial charge in [-0.1, -0.05) is 49.1 Å². The highest BCUT2D eigenvalue weighted by Crippen LogP contribution is 2.25. The molecule has 6 nitrogen and oxygen atoms in total. The number of benzene rings is 2. The number of hydrogen-bond donors (Lipinski definition) is 0. The summed E-state index contributed by atoms with van der Waals surface area (Å²) in [5.74, 6) is 0.770. The van der Waals surface area contributed by atoms with Gasteiger partial charge in [-0.2, -0.15) is 0 Å². The highest BCUT2D eigenvalue weighted by molar-refractivity contribution is 5.80. The molecule has 1 fully saturated rings. The quantitative estimate of drug-likeness (QED) is 0.557. The van der Waals surface area contributed by atoms with E-state index >= 15 is 0 Å². The summed E-state index contributed by atoms with van der Waals surface area (Å²) in [5.41, 5.74) is 2.35. The van der Waals surface area contributed by atoms with E-state index in [1.54, 1.807) is 18.0 Å². The molecule has 0 aromatic heterocycles. The maximum atomic E-state index is 13.1. The second-order valence-corrected chi connectivity index (χ2v) is 9.73. The molecule has 1 aliphatic rings.